The van der Waals surface area contributed by atoms with E-state index >= 15 is 0 Å². The van der Waals surface area contributed by atoms with E-state index in [1.807, 2.05) is 72.8 Å². The number of hydrogen-bond acceptors (Lipinski definition) is 5. The van der Waals surface area contributed by atoms with Crippen molar-refractivity contribution in [3.8, 4) is 40.2 Å². The van der Waals surface area contributed by atoms with Gasteiger partial charge in [-0.1, -0.05) is 121 Å². The Morgan fingerprint density at radius 2 is 0.881 bits per heavy atom. The predicted molar refractivity (Wildman–Crippen MR) is 241 cm³/mol. The van der Waals surface area contributed by atoms with E-state index in [2.05, 4.69) is 141 Å². The number of para-hydroxylation sites is 3. The second kappa shape index (κ2) is 14.2. The minimum absolute atomic E-state index is 0.549. The molecule has 0 aliphatic rings. The first-order chi connectivity index (χ1) is 29.2. The van der Waals surface area contributed by atoms with E-state index < -0.39 is 0 Å². The summed E-state index contributed by atoms with van der Waals surface area (Å²) in [5.74, 6) is 2.57. The summed E-state index contributed by atoms with van der Waals surface area (Å²) in [6.45, 7) is 0. The van der Waals surface area contributed by atoms with Crippen LogP contribution in [0.5, 0.6) is 5.75 Å². The van der Waals surface area contributed by atoms with Crippen molar-refractivity contribution in [2.24, 2.45) is 0 Å². The van der Waals surface area contributed by atoms with Crippen LogP contribution in [0.1, 0.15) is 0 Å². The van der Waals surface area contributed by atoms with Crippen molar-refractivity contribution in [3.63, 3.8) is 0 Å². The number of rotatable bonds is 8. The van der Waals surface area contributed by atoms with E-state index in [9.17, 15) is 0 Å². The van der Waals surface area contributed by atoms with Gasteiger partial charge in [0.1, 0.15) is 5.75 Å². The fourth-order valence-electron chi connectivity index (χ4n) is 8.41. The van der Waals surface area contributed by atoms with Gasteiger partial charge in [0.05, 0.1) is 34.9 Å². The summed E-state index contributed by atoms with van der Waals surface area (Å²) >= 11 is 0. The van der Waals surface area contributed by atoms with E-state index in [1.165, 1.54) is 21.8 Å². The quantitative estimate of drug-likeness (QED) is 0.154. The number of ether oxygens (including phenoxy) is 1. The monoisotopic (exact) mass is 760 g/mol. The van der Waals surface area contributed by atoms with Gasteiger partial charge >= 0.3 is 0 Å². The Labute approximate surface area is 340 Å². The van der Waals surface area contributed by atoms with Crippen molar-refractivity contribution in [2.45, 2.75) is 0 Å². The molecule has 0 saturated heterocycles. The molecule has 0 spiro atoms. The number of anilines is 3. The lowest BCUT2D eigenvalue weighted by atomic mass is 10.1. The van der Waals surface area contributed by atoms with Crippen molar-refractivity contribution < 1.29 is 4.74 Å². The van der Waals surface area contributed by atoms with Gasteiger partial charge in [0.15, 0.2) is 11.6 Å². The lowest BCUT2D eigenvalue weighted by Gasteiger charge is -2.27. The standard InChI is InChI=1S/C52H36N6O/c1-59-40-33-31-38(32-34-40)56(37-27-29-39(30-28-37)57-44-22-11-8-19-41(44)42-20-9-12-23-45(42)57)47-25-14-26-48-49(47)43-21-10-13-24-46(43)58(48)52-54-50(35-15-4-2-5-16-35)53-51(55-52)36-17-6-3-7-18-36/h2-34H,1H3. The lowest BCUT2D eigenvalue weighted by Crippen LogP contribution is -2.11. The van der Waals surface area contributed by atoms with E-state index in [1.54, 1.807) is 7.11 Å². The van der Waals surface area contributed by atoms with Gasteiger partial charge in [-0.25, -0.2) is 4.98 Å². The van der Waals surface area contributed by atoms with Crippen LogP contribution in [0.2, 0.25) is 0 Å². The van der Waals surface area contributed by atoms with Gasteiger partial charge in [-0.05, 0) is 78.9 Å². The summed E-state index contributed by atoms with van der Waals surface area (Å²) in [5.41, 5.74) is 10.3. The molecule has 7 heteroatoms. The first-order valence-electron chi connectivity index (χ1n) is 19.7. The topological polar surface area (TPSA) is 61.0 Å². The molecule has 0 N–H and O–H groups in total. The lowest BCUT2D eigenvalue weighted by molar-refractivity contribution is 0.415. The molecule has 0 radical (unpaired) electrons. The minimum atomic E-state index is 0.549. The summed E-state index contributed by atoms with van der Waals surface area (Å²) < 4.78 is 10.1. The zero-order chi connectivity index (χ0) is 39.3. The number of benzene rings is 8. The summed E-state index contributed by atoms with van der Waals surface area (Å²) in [5, 5.41) is 4.63. The molecule has 280 valence electrons. The maximum atomic E-state index is 5.61. The van der Waals surface area contributed by atoms with Gasteiger partial charge in [-0.3, -0.25) is 4.57 Å². The number of methoxy groups -OCH3 is 1. The first-order valence-corrected chi connectivity index (χ1v) is 19.7. The van der Waals surface area contributed by atoms with Gasteiger partial charge in [0.2, 0.25) is 5.95 Å². The molecule has 0 atom stereocenters. The molecule has 59 heavy (non-hydrogen) atoms. The van der Waals surface area contributed by atoms with E-state index in [-0.39, 0.29) is 0 Å². The van der Waals surface area contributed by atoms with Crippen LogP contribution in [0.25, 0.3) is 78.0 Å². The average Bonchev–Trinajstić information content (AvgIpc) is 3.84. The van der Waals surface area contributed by atoms with Crippen LogP contribution in [0.4, 0.5) is 17.1 Å². The summed E-state index contributed by atoms with van der Waals surface area (Å²) in [6, 6.07) is 69.5. The zero-order valence-electron chi connectivity index (χ0n) is 32.1. The Hall–Kier alpha value is -8.03. The molecule has 0 bridgehead atoms. The highest BCUT2D eigenvalue weighted by atomic mass is 16.5. The molecule has 11 rings (SSSR count). The molecule has 8 aromatic carbocycles. The molecule has 0 fully saturated rings. The number of nitrogens with zero attached hydrogens (tertiary/aromatic N) is 6. The first kappa shape index (κ1) is 34.2. The van der Waals surface area contributed by atoms with Crippen molar-refractivity contribution >= 4 is 60.7 Å². The second-order valence-electron chi connectivity index (χ2n) is 14.5. The normalized spacial score (nSPS) is 11.5. The van der Waals surface area contributed by atoms with Crippen LogP contribution < -0.4 is 9.64 Å². The molecular formula is C52H36N6O. The third kappa shape index (κ3) is 5.79. The van der Waals surface area contributed by atoms with Gasteiger partial charge in [0, 0.05) is 49.7 Å². The summed E-state index contributed by atoms with van der Waals surface area (Å²) in [7, 11) is 1.70. The molecule has 3 heterocycles. The predicted octanol–water partition coefficient (Wildman–Crippen LogP) is 12.9. The fourth-order valence-corrected chi connectivity index (χ4v) is 8.41. The molecule has 7 nitrogen and oxygen atoms in total. The molecule has 0 aliphatic heterocycles. The zero-order valence-corrected chi connectivity index (χ0v) is 32.1. The smallest absolute Gasteiger partial charge is 0.238 e. The van der Waals surface area contributed by atoms with Crippen LogP contribution in [0.15, 0.2) is 200 Å². The molecule has 0 aliphatic carbocycles. The maximum absolute atomic E-state index is 5.61. The van der Waals surface area contributed by atoms with Gasteiger partial charge in [-0.2, -0.15) is 9.97 Å². The third-order valence-corrected chi connectivity index (χ3v) is 11.1. The summed E-state index contributed by atoms with van der Waals surface area (Å²) in [4.78, 5) is 17.7. The Bertz CT molecular complexity index is 3190. The van der Waals surface area contributed by atoms with Crippen molar-refractivity contribution in [2.75, 3.05) is 12.0 Å². The van der Waals surface area contributed by atoms with Crippen LogP contribution in [0, 0.1) is 0 Å². The maximum Gasteiger partial charge on any atom is 0.238 e. The number of hydrogen-bond donors (Lipinski definition) is 0. The molecular weight excluding hydrogens is 725 g/mol. The average molecular weight is 761 g/mol. The Morgan fingerprint density at radius 1 is 0.407 bits per heavy atom. The van der Waals surface area contributed by atoms with Crippen molar-refractivity contribution in [3.05, 3.63) is 200 Å². The minimum Gasteiger partial charge on any atom is -0.497 e. The van der Waals surface area contributed by atoms with Crippen molar-refractivity contribution in [1.29, 1.82) is 0 Å². The number of aromatic nitrogens is 5. The fraction of sp³-hybridized carbons (Fsp3) is 0.0192. The summed E-state index contributed by atoms with van der Waals surface area (Å²) in [6.07, 6.45) is 0. The molecule has 0 amide bonds. The highest BCUT2D eigenvalue weighted by Gasteiger charge is 2.23. The Kier molecular flexibility index (Phi) is 8.22. The highest BCUT2D eigenvalue weighted by Crippen LogP contribution is 2.44. The molecule has 0 saturated carbocycles. The van der Waals surface area contributed by atoms with Crippen LogP contribution in [0.3, 0.4) is 0 Å². The van der Waals surface area contributed by atoms with Crippen molar-refractivity contribution in [1.82, 2.24) is 24.1 Å². The van der Waals surface area contributed by atoms with Crippen LogP contribution in [-0.4, -0.2) is 31.2 Å². The highest BCUT2D eigenvalue weighted by molar-refractivity contribution is 6.16. The van der Waals surface area contributed by atoms with Crippen LogP contribution >= 0.6 is 0 Å². The third-order valence-electron chi connectivity index (χ3n) is 11.1. The molecule has 11 aromatic rings. The van der Waals surface area contributed by atoms with Crippen LogP contribution in [-0.2, 0) is 0 Å². The SMILES string of the molecule is COc1ccc(N(c2ccc(-n3c4ccccc4c4ccccc43)cc2)c2cccc3c2c2ccccc2n3-c2nc(-c3ccccc3)nc(-c3ccccc3)n2)cc1. The van der Waals surface area contributed by atoms with Gasteiger partial charge in [-0.15, -0.1) is 0 Å². The van der Waals surface area contributed by atoms with E-state index in [0.29, 0.717) is 17.6 Å². The van der Waals surface area contributed by atoms with Gasteiger partial charge in [0.25, 0.3) is 0 Å². The number of fused-ring (bicyclic) bond motifs is 6. The Balaban J connectivity index is 1.13. The Morgan fingerprint density at radius 3 is 1.44 bits per heavy atom. The largest absolute Gasteiger partial charge is 0.497 e. The van der Waals surface area contributed by atoms with E-state index in [4.69, 9.17) is 19.7 Å². The molecule has 3 aromatic heterocycles. The van der Waals surface area contributed by atoms with E-state index in [0.717, 1.165) is 61.4 Å². The molecule has 0 unspecified atom stereocenters. The second-order valence-corrected chi connectivity index (χ2v) is 14.5. The van der Waals surface area contributed by atoms with Gasteiger partial charge < -0.3 is 14.2 Å².